The maximum atomic E-state index is 12.6. The smallest absolute Gasteiger partial charge is 0.255 e. The number of thioether (sulfide) groups is 1. The minimum Gasteiger partial charge on any atom is -0.494 e. The van der Waals surface area contributed by atoms with Crippen LogP contribution in [0, 0.1) is 6.92 Å². The monoisotopic (exact) mass is 432 g/mol. The van der Waals surface area contributed by atoms with Crippen molar-refractivity contribution in [3.8, 4) is 5.75 Å². The van der Waals surface area contributed by atoms with Crippen LogP contribution in [0.25, 0.3) is 0 Å². The van der Waals surface area contributed by atoms with Crippen LogP contribution in [0.3, 0.4) is 0 Å². The Morgan fingerprint density at radius 3 is 2.45 bits per heavy atom. The number of ether oxygens (including phenoxy) is 1. The van der Waals surface area contributed by atoms with Crippen molar-refractivity contribution in [1.82, 2.24) is 0 Å². The fourth-order valence-corrected chi connectivity index (χ4v) is 4.75. The molecule has 1 fully saturated rings. The molecule has 0 radical (unpaired) electrons. The van der Waals surface area contributed by atoms with Crippen LogP contribution in [-0.4, -0.2) is 24.2 Å². The van der Waals surface area contributed by atoms with Gasteiger partial charge in [0.25, 0.3) is 5.91 Å². The molecule has 6 heteroatoms. The molecule has 1 unspecified atom stereocenters. The van der Waals surface area contributed by atoms with Gasteiger partial charge >= 0.3 is 0 Å². The average Bonchev–Trinajstić information content (AvgIpc) is 3.16. The van der Waals surface area contributed by atoms with Crippen LogP contribution in [0.1, 0.15) is 33.8 Å². The van der Waals surface area contributed by atoms with E-state index in [1.54, 1.807) is 11.8 Å². The highest BCUT2D eigenvalue weighted by Gasteiger charge is 2.34. The predicted molar refractivity (Wildman–Crippen MR) is 126 cm³/mol. The summed E-state index contributed by atoms with van der Waals surface area (Å²) in [5.41, 5.74) is 4.17. The third-order valence-corrected chi connectivity index (χ3v) is 6.35. The maximum absolute atomic E-state index is 12.6. The van der Waals surface area contributed by atoms with Crippen molar-refractivity contribution in [2.75, 3.05) is 22.6 Å². The second kappa shape index (κ2) is 9.27. The normalized spacial score (nSPS) is 15.7. The van der Waals surface area contributed by atoms with Crippen molar-refractivity contribution in [2.45, 2.75) is 19.2 Å². The molecule has 1 N–H and O–H groups in total. The van der Waals surface area contributed by atoms with Crippen LogP contribution in [0.5, 0.6) is 5.75 Å². The van der Waals surface area contributed by atoms with E-state index >= 15 is 0 Å². The lowest BCUT2D eigenvalue weighted by Crippen LogP contribution is -2.27. The van der Waals surface area contributed by atoms with E-state index in [1.165, 1.54) is 0 Å². The molecule has 4 rings (SSSR count). The average molecular weight is 433 g/mol. The quantitative estimate of drug-likeness (QED) is 0.565. The molecule has 1 aliphatic rings. The molecule has 3 aromatic rings. The standard InChI is InChI=1S/C25H24N2O3S/c1-3-30-21-14-12-20(13-15-21)27-23(28)16-31-25(27)18-8-10-19(11-9-18)26-24(29)22-7-5-4-6-17(22)2/h4-15,25H,3,16H2,1-2H3,(H,26,29). The second-order valence-electron chi connectivity index (χ2n) is 7.25. The molecule has 0 spiro atoms. The Morgan fingerprint density at radius 1 is 1.06 bits per heavy atom. The van der Waals surface area contributed by atoms with Crippen molar-refractivity contribution >= 4 is 35.0 Å². The Balaban J connectivity index is 1.50. The second-order valence-corrected chi connectivity index (χ2v) is 8.31. The summed E-state index contributed by atoms with van der Waals surface area (Å²) in [6.07, 6.45) is 0. The van der Waals surface area contributed by atoms with Gasteiger partial charge in [-0.25, -0.2) is 0 Å². The van der Waals surface area contributed by atoms with E-state index in [4.69, 9.17) is 4.74 Å². The molecule has 0 aliphatic carbocycles. The number of benzene rings is 3. The summed E-state index contributed by atoms with van der Waals surface area (Å²) in [4.78, 5) is 27.0. The van der Waals surface area contributed by atoms with Crippen molar-refractivity contribution in [2.24, 2.45) is 0 Å². The minimum absolute atomic E-state index is 0.0797. The van der Waals surface area contributed by atoms with Gasteiger partial charge in [-0.05, 0) is 67.4 Å². The van der Waals surface area contributed by atoms with Crippen LogP contribution in [0.4, 0.5) is 11.4 Å². The van der Waals surface area contributed by atoms with Crippen LogP contribution in [0.15, 0.2) is 72.8 Å². The van der Waals surface area contributed by atoms with Gasteiger partial charge in [0, 0.05) is 16.9 Å². The van der Waals surface area contributed by atoms with Crippen LogP contribution in [0.2, 0.25) is 0 Å². The van der Waals surface area contributed by atoms with E-state index in [-0.39, 0.29) is 17.2 Å². The number of carbonyl (C=O) groups is 2. The summed E-state index contributed by atoms with van der Waals surface area (Å²) in [5, 5.41) is 2.84. The summed E-state index contributed by atoms with van der Waals surface area (Å²) < 4.78 is 5.50. The summed E-state index contributed by atoms with van der Waals surface area (Å²) >= 11 is 1.60. The van der Waals surface area contributed by atoms with Gasteiger partial charge in [0.2, 0.25) is 5.91 Å². The topological polar surface area (TPSA) is 58.6 Å². The summed E-state index contributed by atoms with van der Waals surface area (Å²) in [6, 6.07) is 22.8. The molecule has 5 nitrogen and oxygen atoms in total. The fraction of sp³-hybridized carbons (Fsp3) is 0.200. The van der Waals surface area contributed by atoms with Gasteiger partial charge in [0.05, 0.1) is 12.4 Å². The molecule has 0 saturated carbocycles. The summed E-state index contributed by atoms with van der Waals surface area (Å²) in [5.74, 6) is 1.17. The molecule has 1 heterocycles. The molecule has 1 saturated heterocycles. The maximum Gasteiger partial charge on any atom is 0.255 e. The Morgan fingerprint density at radius 2 is 1.77 bits per heavy atom. The third kappa shape index (κ3) is 4.59. The van der Waals surface area contributed by atoms with Gasteiger partial charge in [-0.2, -0.15) is 0 Å². The van der Waals surface area contributed by atoms with E-state index in [1.807, 2.05) is 91.5 Å². The SMILES string of the molecule is CCOc1ccc(N2C(=O)CSC2c2ccc(NC(=O)c3ccccc3C)cc2)cc1. The Bertz CT molecular complexity index is 1080. The lowest BCUT2D eigenvalue weighted by molar-refractivity contribution is -0.115. The van der Waals surface area contributed by atoms with Crippen LogP contribution < -0.4 is 15.0 Å². The molecule has 0 bridgehead atoms. The van der Waals surface area contributed by atoms with Crippen molar-refractivity contribution < 1.29 is 14.3 Å². The van der Waals surface area contributed by atoms with Gasteiger partial charge in [-0.1, -0.05) is 30.3 Å². The molecular formula is C25H24N2O3S. The predicted octanol–water partition coefficient (Wildman–Crippen LogP) is 5.42. The molecule has 31 heavy (non-hydrogen) atoms. The Kier molecular flexibility index (Phi) is 6.28. The highest BCUT2D eigenvalue weighted by atomic mass is 32.2. The number of hydrogen-bond acceptors (Lipinski definition) is 4. The number of carbonyl (C=O) groups excluding carboxylic acids is 2. The molecule has 1 atom stereocenters. The van der Waals surface area contributed by atoms with Gasteiger partial charge in [-0.3, -0.25) is 14.5 Å². The number of nitrogens with one attached hydrogen (secondary N) is 1. The zero-order valence-corrected chi connectivity index (χ0v) is 18.3. The van der Waals surface area contributed by atoms with E-state index in [0.717, 1.165) is 28.3 Å². The highest BCUT2D eigenvalue weighted by molar-refractivity contribution is 8.00. The first kappa shape index (κ1) is 21.0. The van der Waals surface area contributed by atoms with E-state index in [2.05, 4.69) is 5.32 Å². The van der Waals surface area contributed by atoms with Gasteiger partial charge < -0.3 is 10.1 Å². The Hall–Kier alpha value is -3.25. The fourth-order valence-electron chi connectivity index (χ4n) is 3.58. The molecule has 3 aromatic carbocycles. The molecule has 1 aliphatic heterocycles. The van der Waals surface area contributed by atoms with E-state index < -0.39 is 0 Å². The summed E-state index contributed by atoms with van der Waals surface area (Å²) in [6.45, 7) is 4.46. The van der Waals surface area contributed by atoms with Crippen molar-refractivity contribution in [1.29, 1.82) is 0 Å². The van der Waals surface area contributed by atoms with E-state index in [0.29, 0.717) is 17.9 Å². The number of anilines is 2. The number of nitrogens with zero attached hydrogens (tertiary/aromatic N) is 1. The van der Waals surface area contributed by atoms with Gasteiger partial charge in [0.1, 0.15) is 11.1 Å². The first-order valence-corrected chi connectivity index (χ1v) is 11.2. The van der Waals surface area contributed by atoms with E-state index in [9.17, 15) is 9.59 Å². The minimum atomic E-state index is -0.132. The molecule has 0 aromatic heterocycles. The van der Waals surface area contributed by atoms with Crippen molar-refractivity contribution in [3.63, 3.8) is 0 Å². The number of rotatable bonds is 6. The zero-order valence-electron chi connectivity index (χ0n) is 17.5. The lowest BCUT2D eigenvalue weighted by atomic mass is 10.1. The van der Waals surface area contributed by atoms with Crippen LogP contribution in [-0.2, 0) is 4.79 Å². The van der Waals surface area contributed by atoms with Gasteiger partial charge in [0.15, 0.2) is 0 Å². The number of hydrogen-bond donors (Lipinski definition) is 1. The molecule has 2 amide bonds. The molecular weight excluding hydrogens is 408 g/mol. The number of amides is 2. The first-order chi connectivity index (χ1) is 15.1. The molecule has 158 valence electrons. The highest BCUT2D eigenvalue weighted by Crippen LogP contribution is 2.42. The van der Waals surface area contributed by atoms with Crippen molar-refractivity contribution in [3.05, 3.63) is 89.5 Å². The van der Waals surface area contributed by atoms with Gasteiger partial charge in [-0.15, -0.1) is 11.8 Å². The first-order valence-electron chi connectivity index (χ1n) is 10.2. The summed E-state index contributed by atoms with van der Waals surface area (Å²) in [7, 11) is 0. The largest absolute Gasteiger partial charge is 0.494 e. The number of aryl methyl sites for hydroxylation is 1. The van der Waals surface area contributed by atoms with Crippen LogP contribution >= 0.6 is 11.8 Å². The third-order valence-electron chi connectivity index (χ3n) is 5.14. The lowest BCUT2D eigenvalue weighted by Gasteiger charge is -2.24. The Labute approximate surface area is 186 Å². The zero-order chi connectivity index (χ0) is 21.8.